The number of anilines is 1. The van der Waals surface area contributed by atoms with Crippen molar-refractivity contribution in [2.75, 3.05) is 12.4 Å². The number of thiazole rings is 1. The first kappa shape index (κ1) is 19.4. The first-order valence-electron chi connectivity index (χ1n) is 9.19. The van der Waals surface area contributed by atoms with Gasteiger partial charge in [0.1, 0.15) is 16.6 Å². The number of esters is 1. The molecule has 0 atom stereocenters. The molecule has 1 heterocycles. The number of hydrogen-bond acceptors (Lipinski definition) is 6. The van der Waals surface area contributed by atoms with Gasteiger partial charge in [0.25, 0.3) is 0 Å². The number of allylic oxidation sites excluding steroid dienone is 1. The second kappa shape index (κ2) is 8.60. The van der Waals surface area contributed by atoms with Crippen molar-refractivity contribution in [1.82, 2.24) is 4.98 Å². The molecule has 5 nitrogen and oxygen atoms in total. The molecule has 0 aliphatic rings. The Kier molecular flexibility index (Phi) is 5.55. The molecule has 0 fully saturated rings. The maximum atomic E-state index is 11.9. The van der Waals surface area contributed by atoms with E-state index in [-0.39, 0.29) is 0 Å². The third kappa shape index (κ3) is 3.93. The smallest absolute Gasteiger partial charge is 0.339 e. The molecule has 3 aromatic carbocycles. The Hall–Kier alpha value is -3.95. The number of para-hydroxylation sites is 1. The highest BCUT2D eigenvalue weighted by atomic mass is 32.1. The average molecular weight is 411 g/mol. The Morgan fingerprint density at radius 3 is 2.67 bits per heavy atom. The Bertz CT molecular complexity index is 1300. The van der Waals surface area contributed by atoms with E-state index >= 15 is 0 Å². The molecule has 0 radical (unpaired) electrons. The second-order valence-electron chi connectivity index (χ2n) is 6.45. The number of nitrogens with one attached hydrogen (secondary N) is 1. The monoisotopic (exact) mass is 411 g/mol. The topological polar surface area (TPSA) is 75.0 Å². The lowest BCUT2D eigenvalue weighted by molar-refractivity contribution is 0.0602. The summed E-state index contributed by atoms with van der Waals surface area (Å²) in [5, 5.41) is 17.5. The molecule has 0 aliphatic heterocycles. The largest absolute Gasteiger partial charge is 0.465 e. The van der Waals surface area contributed by atoms with Crippen LogP contribution in [0.4, 0.5) is 5.69 Å². The van der Waals surface area contributed by atoms with Crippen LogP contribution in [0.5, 0.6) is 0 Å². The van der Waals surface area contributed by atoms with Crippen LogP contribution in [-0.2, 0) is 4.74 Å². The number of aromatic nitrogens is 1. The van der Waals surface area contributed by atoms with Crippen molar-refractivity contribution in [1.29, 1.82) is 5.26 Å². The van der Waals surface area contributed by atoms with Crippen molar-refractivity contribution in [2.45, 2.75) is 0 Å². The molecule has 6 heteroatoms. The summed E-state index contributed by atoms with van der Waals surface area (Å²) in [5.41, 5.74) is 3.15. The third-order valence-electron chi connectivity index (χ3n) is 4.60. The highest BCUT2D eigenvalue weighted by molar-refractivity contribution is 7.11. The SMILES string of the molecule is COC(=O)c1ccccc1NC=C(C#N)c1nc(-c2ccc3ccccc3c2)cs1. The highest BCUT2D eigenvalue weighted by Gasteiger charge is 2.12. The molecule has 1 aromatic heterocycles. The molecule has 1 N–H and O–H groups in total. The molecule has 0 spiro atoms. The quantitative estimate of drug-likeness (QED) is 0.335. The summed E-state index contributed by atoms with van der Waals surface area (Å²) < 4.78 is 4.80. The summed E-state index contributed by atoms with van der Waals surface area (Å²) in [6.07, 6.45) is 1.56. The molecule has 30 heavy (non-hydrogen) atoms. The van der Waals surface area contributed by atoms with Crippen molar-refractivity contribution in [3.63, 3.8) is 0 Å². The van der Waals surface area contributed by atoms with E-state index < -0.39 is 5.97 Å². The van der Waals surface area contributed by atoms with Gasteiger partial charge in [-0.25, -0.2) is 9.78 Å². The molecular formula is C24H17N3O2S. The minimum atomic E-state index is -0.446. The Labute approximate surface area is 177 Å². The average Bonchev–Trinajstić information content (AvgIpc) is 3.29. The predicted molar refractivity (Wildman–Crippen MR) is 120 cm³/mol. The number of benzene rings is 3. The van der Waals surface area contributed by atoms with E-state index in [9.17, 15) is 10.1 Å². The molecule has 0 saturated carbocycles. The van der Waals surface area contributed by atoms with E-state index in [1.165, 1.54) is 23.8 Å². The van der Waals surface area contributed by atoms with Gasteiger partial charge in [0.15, 0.2) is 0 Å². The van der Waals surface area contributed by atoms with Crippen LogP contribution in [-0.4, -0.2) is 18.1 Å². The van der Waals surface area contributed by atoms with Crippen LogP contribution in [0.15, 0.2) is 78.3 Å². The van der Waals surface area contributed by atoms with Crippen LogP contribution in [0.1, 0.15) is 15.4 Å². The molecule has 0 aliphatic carbocycles. The van der Waals surface area contributed by atoms with Crippen LogP contribution < -0.4 is 5.32 Å². The number of rotatable bonds is 5. The molecule has 0 bridgehead atoms. The normalized spacial score (nSPS) is 11.1. The van der Waals surface area contributed by atoms with E-state index in [1.54, 1.807) is 30.5 Å². The number of carbonyl (C=O) groups excluding carboxylic acids is 1. The van der Waals surface area contributed by atoms with Crippen LogP contribution in [0.25, 0.3) is 27.6 Å². The van der Waals surface area contributed by atoms with Gasteiger partial charge in [-0.15, -0.1) is 11.3 Å². The van der Waals surface area contributed by atoms with Crippen molar-refractivity contribution in [2.24, 2.45) is 0 Å². The van der Waals surface area contributed by atoms with E-state index in [4.69, 9.17) is 4.74 Å². The van der Waals surface area contributed by atoms with Crippen molar-refractivity contribution >= 4 is 39.3 Å². The summed E-state index contributed by atoms with van der Waals surface area (Å²) in [6.45, 7) is 0. The lowest BCUT2D eigenvalue weighted by atomic mass is 10.1. The fourth-order valence-corrected chi connectivity index (χ4v) is 3.86. The number of nitriles is 1. The van der Waals surface area contributed by atoms with Gasteiger partial charge in [-0.05, 0) is 29.0 Å². The fourth-order valence-electron chi connectivity index (χ4n) is 3.07. The Morgan fingerprint density at radius 1 is 1.10 bits per heavy atom. The standard InChI is InChI=1S/C24H17N3O2S/c1-29-24(28)20-8-4-5-9-21(20)26-14-19(13-25)23-27-22(15-30-23)18-11-10-16-6-2-3-7-17(16)12-18/h2-12,14-15,26H,1H3. The maximum Gasteiger partial charge on any atom is 0.339 e. The van der Waals surface area contributed by atoms with E-state index in [1.807, 2.05) is 23.6 Å². The zero-order valence-electron chi connectivity index (χ0n) is 16.1. The number of nitrogens with zero attached hydrogens (tertiary/aromatic N) is 2. The number of fused-ring (bicyclic) bond motifs is 1. The van der Waals surface area contributed by atoms with Crippen molar-refractivity contribution in [3.8, 4) is 17.3 Å². The van der Waals surface area contributed by atoms with Crippen LogP contribution in [0, 0.1) is 11.3 Å². The molecule has 0 amide bonds. The van der Waals surface area contributed by atoms with Crippen LogP contribution in [0.2, 0.25) is 0 Å². The zero-order chi connectivity index (χ0) is 20.9. The van der Waals surface area contributed by atoms with Gasteiger partial charge in [-0.3, -0.25) is 0 Å². The van der Waals surface area contributed by atoms with Gasteiger partial charge in [-0.1, -0.05) is 48.5 Å². The summed E-state index contributed by atoms with van der Waals surface area (Å²) >= 11 is 1.40. The first-order chi connectivity index (χ1) is 14.7. The predicted octanol–water partition coefficient (Wildman–Crippen LogP) is 5.73. The van der Waals surface area contributed by atoms with Crippen molar-refractivity contribution < 1.29 is 9.53 Å². The molecule has 0 unspecified atom stereocenters. The Morgan fingerprint density at radius 2 is 1.87 bits per heavy atom. The lowest BCUT2D eigenvalue weighted by Gasteiger charge is -2.07. The van der Waals surface area contributed by atoms with Gasteiger partial charge >= 0.3 is 5.97 Å². The molecule has 4 rings (SSSR count). The molecule has 146 valence electrons. The summed E-state index contributed by atoms with van der Waals surface area (Å²) in [4.78, 5) is 16.6. The number of hydrogen-bond donors (Lipinski definition) is 1. The van der Waals surface area contributed by atoms with Crippen molar-refractivity contribution in [3.05, 3.63) is 88.9 Å². The summed E-state index contributed by atoms with van der Waals surface area (Å²) in [5.74, 6) is -0.446. The van der Waals surface area contributed by atoms with Gasteiger partial charge < -0.3 is 10.1 Å². The maximum absolute atomic E-state index is 11.9. The van der Waals surface area contributed by atoms with Gasteiger partial charge in [0.2, 0.25) is 0 Å². The minimum absolute atomic E-state index is 0.381. The molecule has 4 aromatic rings. The number of ether oxygens (including phenoxy) is 1. The third-order valence-corrected chi connectivity index (χ3v) is 5.48. The first-order valence-corrected chi connectivity index (χ1v) is 10.1. The number of carbonyl (C=O) groups is 1. The van der Waals surface area contributed by atoms with E-state index in [0.717, 1.165) is 16.6 Å². The Balaban J connectivity index is 1.61. The minimum Gasteiger partial charge on any atom is -0.465 e. The van der Waals surface area contributed by atoms with Crippen LogP contribution >= 0.6 is 11.3 Å². The summed E-state index contributed by atoms with van der Waals surface area (Å²) in [6, 6.07) is 23.5. The zero-order valence-corrected chi connectivity index (χ0v) is 16.9. The van der Waals surface area contributed by atoms with Gasteiger partial charge in [0, 0.05) is 17.1 Å². The fraction of sp³-hybridized carbons (Fsp3) is 0.0417. The summed E-state index contributed by atoms with van der Waals surface area (Å²) in [7, 11) is 1.33. The highest BCUT2D eigenvalue weighted by Crippen LogP contribution is 2.28. The van der Waals surface area contributed by atoms with E-state index in [2.05, 4.69) is 40.6 Å². The van der Waals surface area contributed by atoms with Gasteiger partial charge in [-0.2, -0.15) is 5.26 Å². The van der Waals surface area contributed by atoms with E-state index in [0.29, 0.717) is 21.8 Å². The molecular weight excluding hydrogens is 394 g/mol. The number of methoxy groups -OCH3 is 1. The van der Waals surface area contributed by atoms with Crippen LogP contribution in [0.3, 0.4) is 0 Å². The lowest BCUT2D eigenvalue weighted by Crippen LogP contribution is -2.05. The van der Waals surface area contributed by atoms with Gasteiger partial charge in [0.05, 0.1) is 24.1 Å². The molecule has 0 saturated heterocycles. The second-order valence-corrected chi connectivity index (χ2v) is 7.31.